The van der Waals surface area contributed by atoms with Gasteiger partial charge in [-0.05, 0) is 70.8 Å². The van der Waals surface area contributed by atoms with E-state index in [0.717, 1.165) is 33.8 Å². The van der Waals surface area contributed by atoms with Crippen molar-refractivity contribution in [3.63, 3.8) is 0 Å². The molecule has 6 rings (SSSR count). The normalized spacial score (nSPS) is 23.9. The molecule has 180 valence electrons. The molecular formula is C30H24ClNO4. The molecule has 0 radical (unpaired) electrons. The number of hydrogen-bond acceptors (Lipinski definition) is 4. The minimum Gasteiger partial charge on any atom is -0.497 e. The van der Waals surface area contributed by atoms with Crippen LogP contribution in [-0.2, 0) is 9.59 Å². The minimum atomic E-state index is -0.412. The second kappa shape index (κ2) is 8.68. The van der Waals surface area contributed by atoms with Crippen LogP contribution in [0.25, 0.3) is 5.57 Å². The van der Waals surface area contributed by atoms with Crippen LogP contribution < -0.4 is 14.4 Å². The Balaban J connectivity index is 1.47. The minimum absolute atomic E-state index is 0.145. The van der Waals surface area contributed by atoms with Crippen molar-refractivity contribution >= 4 is 34.7 Å². The Morgan fingerprint density at radius 1 is 0.694 bits per heavy atom. The number of carbonyl (C=O) groups is 2. The third-order valence-electron chi connectivity index (χ3n) is 7.55. The van der Waals surface area contributed by atoms with E-state index in [0.29, 0.717) is 10.7 Å². The molecule has 2 aliphatic carbocycles. The summed E-state index contributed by atoms with van der Waals surface area (Å²) in [5.74, 6) is 0.128. The monoisotopic (exact) mass is 497 g/mol. The number of imide groups is 1. The second-order valence-corrected chi connectivity index (χ2v) is 9.70. The fourth-order valence-electron chi connectivity index (χ4n) is 5.96. The van der Waals surface area contributed by atoms with Gasteiger partial charge in [-0.2, -0.15) is 0 Å². The summed E-state index contributed by atoms with van der Waals surface area (Å²) in [6.07, 6.45) is 4.20. The van der Waals surface area contributed by atoms with Gasteiger partial charge in [0.2, 0.25) is 11.8 Å². The average molecular weight is 498 g/mol. The van der Waals surface area contributed by atoms with Crippen LogP contribution in [0.15, 0.2) is 90.5 Å². The zero-order chi connectivity index (χ0) is 25.0. The Bertz CT molecular complexity index is 1320. The maximum atomic E-state index is 13.7. The molecule has 4 atom stereocenters. The summed E-state index contributed by atoms with van der Waals surface area (Å²) < 4.78 is 10.7. The number of methoxy groups -OCH3 is 2. The lowest BCUT2D eigenvalue weighted by Crippen LogP contribution is -2.33. The number of benzene rings is 3. The summed E-state index contributed by atoms with van der Waals surface area (Å²) in [7, 11) is 3.29. The van der Waals surface area contributed by atoms with Gasteiger partial charge >= 0.3 is 0 Å². The summed E-state index contributed by atoms with van der Waals surface area (Å²) in [4.78, 5) is 28.7. The van der Waals surface area contributed by atoms with Gasteiger partial charge in [-0.3, -0.25) is 9.59 Å². The summed E-state index contributed by atoms with van der Waals surface area (Å²) in [5.41, 5.74) is 4.78. The predicted octanol–water partition coefficient (Wildman–Crippen LogP) is 5.78. The summed E-state index contributed by atoms with van der Waals surface area (Å²) in [6, 6.07) is 22.7. The van der Waals surface area contributed by atoms with E-state index >= 15 is 0 Å². The zero-order valence-electron chi connectivity index (χ0n) is 19.9. The van der Waals surface area contributed by atoms with Crippen LogP contribution in [0.1, 0.15) is 11.1 Å². The first-order valence-corrected chi connectivity index (χ1v) is 12.2. The van der Waals surface area contributed by atoms with Crippen LogP contribution in [0, 0.1) is 23.7 Å². The van der Waals surface area contributed by atoms with Crippen LogP contribution in [-0.4, -0.2) is 26.0 Å². The maximum Gasteiger partial charge on any atom is 0.238 e. The molecule has 0 spiro atoms. The van der Waals surface area contributed by atoms with E-state index in [9.17, 15) is 9.59 Å². The second-order valence-electron chi connectivity index (χ2n) is 9.26. The van der Waals surface area contributed by atoms with Gasteiger partial charge in [0.1, 0.15) is 11.5 Å². The highest BCUT2D eigenvalue weighted by molar-refractivity contribution is 6.31. The number of rotatable bonds is 5. The molecule has 6 heteroatoms. The van der Waals surface area contributed by atoms with Crippen molar-refractivity contribution < 1.29 is 19.1 Å². The van der Waals surface area contributed by atoms with Crippen LogP contribution in [0.3, 0.4) is 0 Å². The van der Waals surface area contributed by atoms with Crippen LogP contribution in [0.4, 0.5) is 5.69 Å². The zero-order valence-corrected chi connectivity index (χ0v) is 20.6. The van der Waals surface area contributed by atoms with E-state index in [1.807, 2.05) is 48.5 Å². The topological polar surface area (TPSA) is 55.8 Å². The average Bonchev–Trinajstić information content (AvgIpc) is 3.55. The first-order valence-electron chi connectivity index (χ1n) is 11.9. The highest BCUT2D eigenvalue weighted by Gasteiger charge is 2.62. The number of fused-ring (bicyclic) bond motifs is 5. The molecule has 3 aromatic rings. The number of allylic oxidation sites excluding steroid dienone is 3. The van der Waals surface area contributed by atoms with Crippen molar-refractivity contribution in [2.45, 2.75) is 0 Å². The highest BCUT2D eigenvalue weighted by Crippen LogP contribution is 2.59. The number of nitrogens with zero attached hydrogens (tertiary/aromatic N) is 1. The van der Waals surface area contributed by atoms with Crippen molar-refractivity contribution in [2.24, 2.45) is 23.7 Å². The molecule has 2 bridgehead atoms. The van der Waals surface area contributed by atoms with Crippen LogP contribution in [0.5, 0.6) is 11.5 Å². The van der Waals surface area contributed by atoms with Gasteiger partial charge in [-0.25, -0.2) is 4.90 Å². The molecule has 1 saturated carbocycles. The summed E-state index contributed by atoms with van der Waals surface area (Å²) >= 11 is 6.03. The molecule has 1 aliphatic heterocycles. The van der Waals surface area contributed by atoms with E-state index in [-0.39, 0.29) is 23.7 Å². The Hall–Kier alpha value is -3.83. The predicted molar refractivity (Wildman–Crippen MR) is 139 cm³/mol. The van der Waals surface area contributed by atoms with E-state index in [4.69, 9.17) is 21.1 Å². The molecule has 5 nitrogen and oxygen atoms in total. The quantitative estimate of drug-likeness (QED) is 0.331. The molecule has 0 unspecified atom stereocenters. The molecule has 3 aliphatic rings. The lowest BCUT2D eigenvalue weighted by molar-refractivity contribution is -0.122. The first-order chi connectivity index (χ1) is 17.5. The fraction of sp³-hybridized carbons (Fsp3) is 0.200. The third-order valence-corrected chi connectivity index (χ3v) is 7.80. The first kappa shape index (κ1) is 22.6. The number of halogens is 1. The SMILES string of the molecule is COc1ccc(C(=C2[C@H]3C=C[C@H]2[C@H]2C(=O)N(c4ccc(Cl)cc4)C(=O)[C@@H]23)c2ccc(OC)cc2)cc1. The molecule has 1 saturated heterocycles. The van der Waals surface area contributed by atoms with Crippen molar-refractivity contribution in [3.8, 4) is 11.5 Å². The molecule has 2 fully saturated rings. The molecule has 3 aromatic carbocycles. The third kappa shape index (κ3) is 3.38. The van der Waals surface area contributed by atoms with E-state index in [1.54, 1.807) is 38.5 Å². The number of carbonyl (C=O) groups excluding carboxylic acids is 2. The number of ether oxygens (including phenoxy) is 2. The van der Waals surface area contributed by atoms with Crippen LogP contribution in [0.2, 0.25) is 5.02 Å². The van der Waals surface area contributed by atoms with Crippen molar-refractivity contribution in [3.05, 3.63) is 107 Å². The molecule has 36 heavy (non-hydrogen) atoms. The Labute approximate surface area is 214 Å². The van der Waals surface area contributed by atoms with Gasteiger partial charge in [0.15, 0.2) is 0 Å². The molecule has 0 aromatic heterocycles. The molecule has 0 N–H and O–H groups in total. The number of anilines is 1. The van der Waals surface area contributed by atoms with Crippen molar-refractivity contribution in [2.75, 3.05) is 19.1 Å². The summed E-state index contributed by atoms with van der Waals surface area (Å²) in [6.45, 7) is 0. The van der Waals surface area contributed by atoms with Crippen LogP contribution >= 0.6 is 11.6 Å². The smallest absolute Gasteiger partial charge is 0.238 e. The van der Waals surface area contributed by atoms with Gasteiger partial charge in [-0.15, -0.1) is 0 Å². The lowest BCUT2D eigenvalue weighted by atomic mass is 9.85. The maximum absolute atomic E-state index is 13.7. The van der Waals surface area contributed by atoms with Gasteiger partial charge < -0.3 is 9.47 Å². The Morgan fingerprint density at radius 2 is 1.14 bits per heavy atom. The highest BCUT2D eigenvalue weighted by atomic mass is 35.5. The largest absolute Gasteiger partial charge is 0.497 e. The van der Waals surface area contributed by atoms with E-state index < -0.39 is 11.8 Å². The van der Waals surface area contributed by atoms with Crippen molar-refractivity contribution in [1.82, 2.24) is 0 Å². The Kier molecular flexibility index (Phi) is 5.45. The molecule has 1 heterocycles. The lowest BCUT2D eigenvalue weighted by Gasteiger charge is -2.22. The Morgan fingerprint density at radius 3 is 1.56 bits per heavy atom. The number of hydrogen-bond donors (Lipinski definition) is 0. The van der Waals surface area contributed by atoms with Gasteiger partial charge in [0.25, 0.3) is 0 Å². The fourth-order valence-corrected chi connectivity index (χ4v) is 6.08. The molecular weight excluding hydrogens is 474 g/mol. The van der Waals surface area contributed by atoms with Gasteiger partial charge in [0, 0.05) is 16.9 Å². The van der Waals surface area contributed by atoms with Gasteiger partial charge in [0.05, 0.1) is 31.7 Å². The standard InChI is InChI=1S/C30H24ClNO4/c1-35-21-11-3-17(4-12-21)25(18-5-13-22(36-2)14-6-18)26-23-15-16-24(26)28-27(23)29(33)32(30(28)34)20-9-7-19(31)8-10-20/h3-16,23-24,27-28H,1-2H3/t23-,24-,27-,28-/m1/s1. The van der Waals surface area contributed by atoms with E-state index in [1.165, 1.54) is 4.90 Å². The molecule has 2 amide bonds. The number of amides is 2. The van der Waals surface area contributed by atoms with Gasteiger partial charge in [-0.1, -0.05) is 48.0 Å². The van der Waals surface area contributed by atoms with E-state index in [2.05, 4.69) is 12.2 Å². The van der Waals surface area contributed by atoms with Crippen molar-refractivity contribution in [1.29, 1.82) is 0 Å². The summed E-state index contributed by atoms with van der Waals surface area (Å²) in [5, 5.41) is 0.564.